The summed E-state index contributed by atoms with van der Waals surface area (Å²) in [6, 6.07) is 19.1. The first kappa shape index (κ1) is 31.6. The van der Waals surface area contributed by atoms with Gasteiger partial charge in [0.25, 0.3) is 10.0 Å². The zero-order valence-corrected chi connectivity index (χ0v) is 24.7. The molecule has 0 unspecified atom stereocenters. The third-order valence-corrected chi connectivity index (χ3v) is 8.49. The molecule has 0 spiro atoms. The Labute approximate surface area is 242 Å². The van der Waals surface area contributed by atoms with Crippen LogP contribution < -0.4 is 14.4 Å². The molecule has 0 aliphatic rings. The van der Waals surface area contributed by atoms with E-state index in [2.05, 4.69) is 5.32 Å². The lowest BCUT2D eigenvalue weighted by Gasteiger charge is -2.33. The van der Waals surface area contributed by atoms with E-state index in [0.29, 0.717) is 18.8 Å². The van der Waals surface area contributed by atoms with Gasteiger partial charge >= 0.3 is 0 Å². The van der Waals surface area contributed by atoms with Crippen molar-refractivity contribution in [3.05, 3.63) is 90.2 Å². The van der Waals surface area contributed by atoms with Crippen molar-refractivity contribution in [1.82, 2.24) is 10.2 Å². The molecule has 0 fully saturated rings. The number of halogens is 1. The number of carbonyl (C=O) groups is 2. The zero-order chi connectivity index (χ0) is 30.0. The van der Waals surface area contributed by atoms with E-state index in [0.717, 1.165) is 40.6 Å². The van der Waals surface area contributed by atoms with E-state index in [1.807, 2.05) is 58.0 Å². The van der Waals surface area contributed by atoms with Crippen LogP contribution in [0.15, 0.2) is 83.8 Å². The second-order valence-corrected chi connectivity index (χ2v) is 11.5. The number of anilines is 1. The van der Waals surface area contributed by atoms with Crippen molar-refractivity contribution in [2.45, 2.75) is 64.1 Å². The fourth-order valence-corrected chi connectivity index (χ4v) is 5.69. The Morgan fingerprint density at radius 1 is 0.902 bits per heavy atom. The van der Waals surface area contributed by atoms with E-state index in [1.165, 1.54) is 4.90 Å². The van der Waals surface area contributed by atoms with Crippen molar-refractivity contribution in [2.75, 3.05) is 17.5 Å². The van der Waals surface area contributed by atoms with Crippen molar-refractivity contribution < 1.29 is 27.1 Å². The number of nitrogens with zero attached hydrogens (tertiary/aromatic N) is 2. The first-order chi connectivity index (χ1) is 19.6. The molecule has 0 saturated heterocycles. The Bertz CT molecular complexity index is 1380. The molecule has 0 aliphatic carbocycles. The highest BCUT2D eigenvalue weighted by molar-refractivity contribution is 7.92. The van der Waals surface area contributed by atoms with E-state index >= 15 is 0 Å². The first-order valence-corrected chi connectivity index (χ1v) is 15.2. The number of amides is 2. The Morgan fingerprint density at radius 2 is 1.54 bits per heavy atom. The van der Waals surface area contributed by atoms with Crippen LogP contribution >= 0.6 is 0 Å². The van der Waals surface area contributed by atoms with Crippen LogP contribution in [-0.4, -0.2) is 50.4 Å². The summed E-state index contributed by atoms with van der Waals surface area (Å²) in [6.07, 6.45) is 1.05. The first-order valence-electron chi connectivity index (χ1n) is 13.8. The van der Waals surface area contributed by atoms with Crippen LogP contribution in [0.25, 0.3) is 0 Å². The van der Waals surface area contributed by atoms with Crippen LogP contribution in [-0.2, 0) is 26.2 Å². The molecule has 0 aromatic heterocycles. The molecular weight excluding hydrogens is 545 g/mol. The van der Waals surface area contributed by atoms with Crippen molar-refractivity contribution in [1.29, 1.82) is 0 Å². The zero-order valence-electron chi connectivity index (χ0n) is 23.9. The van der Waals surface area contributed by atoms with E-state index < -0.39 is 34.3 Å². The average molecular weight is 584 g/mol. The Hall–Kier alpha value is -3.92. The summed E-state index contributed by atoms with van der Waals surface area (Å²) in [5, 5.41) is 2.95. The normalized spacial score (nSPS) is 12.7. The lowest BCUT2D eigenvalue weighted by atomic mass is 10.1. The largest absolute Gasteiger partial charge is 0.494 e. The summed E-state index contributed by atoms with van der Waals surface area (Å²) in [6.45, 7) is 7.45. The molecule has 0 saturated carbocycles. The predicted octanol–water partition coefficient (Wildman–Crippen LogP) is 5.14. The standard InChI is InChI=1S/C31H38FN3O5S/c1-5-23(4)33-31(37)29(6-2)34(21-24-11-9-8-10-12-24)30(36)22-35(26-15-17-27(18-16-26)40-7-3)41(38,39)28-19-13-25(32)14-20-28/h8-20,23,29H,5-7,21-22H2,1-4H3,(H,33,37)/t23-,29+/m1/s1. The van der Waals surface area contributed by atoms with Crippen LogP contribution in [0.3, 0.4) is 0 Å². The fourth-order valence-electron chi connectivity index (χ4n) is 4.28. The van der Waals surface area contributed by atoms with Gasteiger partial charge in [0.1, 0.15) is 24.2 Å². The summed E-state index contributed by atoms with van der Waals surface area (Å²) in [5.41, 5.74) is 1.02. The maximum atomic E-state index is 14.0. The lowest BCUT2D eigenvalue weighted by molar-refractivity contribution is -0.140. The lowest BCUT2D eigenvalue weighted by Crippen LogP contribution is -2.53. The van der Waals surface area contributed by atoms with Gasteiger partial charge in [0, 0.05) is 12.6 Å². The highest BCUT2D eigenvalue weighted by atomic mass is 32.2. The molecule has 41 heavy (non-hydrogen) atoms. The van der Waals surface area contributed by atoms with Gasteiger partial charge in [-0.2, -0.15) is 0 Å². The maximum absolute atomic E-state index is 14.0. The van der Waals surface area contributed by atoms with Crippen molar-refractivity contribution in [3.8, 4) is 5.75 Å². The molecule has 2 atom stereocenters. The third kappa shape index (κ3) is 8.29. The monoisotopic (exact) mass is 583 g/mol. The molecule has 3 aromatic rings. The summed E-state index contributed by atoms with van der Waals surface area (Å²) in [4.78, 5) is 28.6. The van der Waals surface area contributed by atoms with E-state index in [4.69, 9.17) is 4.74 Å². The Balaban J connectivity index is 2.04. The van der Waals surface area contributed by atoms with Crippen molar-refractivity contribution in [3.63, 3.8) is 0 Å². The number of carbonyl (C=O) groups excluding carboxylic acids is 2. The van der Waals surface area contributed by atoms with Gasteiger partial charge in [-0.25, -0.2) is 12.8 Å². The molecule has 220 valence electrons. The highest BCUT2D eigenvalue weighted by Gasteiger charge is 2.34. The molecule has 8 nitrogen and oxygen atoms in total. The minimum Gasteiger partial charge on any atom is -0.494 e. The van der Waals surface area contributed by atoms with Gasteiger partial charge in [0.2, 0.25) is 11.8 Å². The molecule has 1 N–H and O–H groups in total. The molecule has 3 aromatic carbocycles. The minimum absolute atomic E-state index is 0.0931. The van der Waals surface area contributed by atoms with E-state index in [-0.39, 0.29) is 29.1 Å². The summed E-state index contributed by atoms with van der Waals surface area (Å²) < 4.78 is 47.8. The topological polar surface area (TPSA) is 96.0 Å². The average Bonchev–Trinajstić information content (AvgIpc) is 2.97. The molecule has 3 rings (SSSR count). The van der Waals surface area contributed by atoms with Gasteiger partial charge in [0.15, 0.2) is 0 Å². The fraction of sp³-hybridized carbons (Fsp3) is 0.355. The van der Waals surface area contributed by atoms with Gasteiger partial charge < -0.3 is 15.0 Å². The number of nitrogens with one attached hydrogen (secondary N) is 1. The number of hydrogen-bond donors (Lipinski definition) is 1. The molecule has 2 amide bonds. The quantitative estimate of drug-likeness (QED) is 0.284. The summed E-state index contributed by atoms with van der Waals surface area (Å²) >= 11 is 0. The number of hydrogen-bond acceptors (Lipinski definition) is 5. The van der Waals surface area contributed by atoms with E-state index in [9.17, 15) is 22.4 Å². The van der Waals surface area contributed by atoms with Crippen LogP contribution in [0.4, 0.5) is 10.1 Å². The molecule has 0 radical (unpaired) electrons. The Kier molecular flexibility index (Phi) is 11.3. The number of ether oxygens (including phenoxy) is 1. The molecule has 0 bridgehead atoms. The second-order valence-electron chi connectivity index (χ2n) is 9.64. The minimum atomic E-state index is -4.30. The van der Waals surface area contributed by atoms with Gasteiger partial charge in [-0.3, -0.25) is 13.9 Å². The molecular formula is C31H38FN3O5S. The summed E-state index contributed by atoms with van der Waals surface area (Å²) in [5.74, 6) is -0.903. The maximum Gasteiger partial charge on any atom is 0.264 e. The summed E-state index contributed by atoms with van der Waals surface area (Å²) in [7, 11) is -4.30. The molecule has 0 heterocycles. The SMILES string of the molecule is CCOc1ccc(N(CC(=O)N(Cc2ccccc2)[C@@H](CC)C(=O)N[C@H](C)CC)S(=O)(=O)c2ccc(F)cc2)cc1. The van der Waals surface area contributed by atoms with Crippen LogP contribution in [0.1, 0.15) is 46.1 Å². The van der Waals surface area contributed by atoms with Crippen molar-refractivity contribution in [2.24, 2.45) is 0 Å². The predicted molar refractivity (Wildman–Crippen MR) is 158 cm³/mol. The van der Waals surface area contributed by atoms with Gasteiger partial charge in [0.05, 0.1) is 17.2 Å². The second kappa shape index (κ2) is 14.6. The third-order valence-electron chi connectivity index (χ3n) is 6.70. The van der Waals surface area contributed by atoms with Crippen molar-refractivity contribution >= 4 is 27.5 Å². The van der Waals surface area contributed by atoms with E-state index in [1.54, 1.807) is 24.3 Å². The number of benzene rings is 3. The van der Waals surface area contributed by atoms with Crippen LogP contribution in [0, 0.1) is 5.82 Å². The van der Waals surface area contributed by atoms with Gasteiger partial charge in [-0.05, 0) is 80.8 Å². The van der Waals surface area contributed by atoms with Gasteiger partial charge in [-0.15, -0.1) is 0 Å². The van der Waals surface area contributed by atoms with Gasteiger partial charge in [-0.1, -0.05) is 44.2 Å². The Morgan fingerprint density at radius 3 is 2.10 bits per heavy atom. The molecule has 0 aliphatic heterocycles. The number of sulfonamides is 1. The smallest absolute Gasteiger partial charge is 0.264 e. The van der Waals surface area contributed by atoms with Crippen LogP contribution in [0.2, 0.25) is 0 Å². The highest BCUT2D eigenvalue weighted by Crippen LogP contribution is 2.27. The molecule has 10 heteroatoms. The van der Waals surface area contributed by atoms with Crippen LogP contribution in [0.5, 0.6) is 5.75 Å². The number of rotatable bonds is 14.